The minimum absolute atomic E-state index is 0.149. The molecule has 0 aliphatic heterocycles. The molecule has 3 nitrogen and oxygen atoms in total. The van der Waals surface area contributed by atoms with E-state index in [4.69, 9.17) is 16.7 Å². The third kappa shape index (κ3) is 3.22. The van der Waals surface area contributed by atoms with Crippen LogP contribution in [0, 0.1) is 11.7 Å². The van der Waals surface area contributed by atoms with E-state index in [1.165, 1.54) is 6.07 Å². The van der Waals surface area contributed by atoms with Crippen LogP contribution in [0.2, 0.25) is 5.02 Å². The summed E-state index contributed by atoms with van der Waals surface area (Å²) in [6, 6.07) is 5.42. The summed E-state index contributed by atoms with van der Waals surface area (Å²) in [5.74, 6) is -0.961. The highest BCUT2D eigenvalue weighted by molar-refractivity contribution is 6.31. The maximum atomic E-state index is 13.9. The van der Waals surface area contributed by atoms with Gasteiger partial charge in [0.1, 0.15) is 5.82 Å². The number of halogens is 2. The van der Waals surface area contributed by atoms with Gasteiger partial charge in [0.15, 0.2) is 0 Å². The molecule has 2 aliphatic carbocycles. The van der Waals surface area contributed by atoms with Gasteiger partial charge in [0.25, 0.3) is 0 Å². The average Bonchev–Trinajstić information content (AvgIpc) is 3.18. The van der Waals surface area contributed by atoms with Crippen molar-refractivity contribution < 1.29 is 14.3 Å². The quantitative estimate of drug-likeness (QED) is 0.893. The summed E-state index contributed by atoms with van der Waals surface area (Å²) in [6.45, 7) is 0. The Bertz CT molecular complexity index is 523. The molecule has 2 N–H and O–H groups in total. The maximum Gasteiger partial charge on any atom is 0.306 e. The first-order valence-corrected chi connectivity index (χ1v) is 7.87. The van der Waals surface area contributed by atoms with Crippen LogP contribution in [-0.2, 0) is 4.79 Å². The zero-order valence-electron chi connectivity index (χ0n) is 11.7. The molecule has 1 aromatic carbocycles. The van der Waals surface area contributed by atoms with Gasteiger partial charge in [-0.05, 0) is 44.2 Å². The van der Waals surface area contributed by atoms with E-state index in [-0.39, 0.29) is 23.7 Å². The number of carboxylic acid groups (broad SMARTS) is 1. The fourth-order valence-electron chi connectivity index (χ4n) is 3.37. The molecule has 0 bridgehead atoms. The van der Waals surface area contributed by atoms with Crippen molar-refractivity contribution >= 4 is 17.6 Å². The molecule has 114 valence electrons. The Kier molecular flexibility index (Phi) is 4.18. The van der Waals surface area contributed by atoms with E-state index in [0.29, 0.717) is 16.6 Å². The standard InChI is InChI=1S/C16H19ClFNO2/c17-12-2-1-3-13(18)15(12)11-8-14(11)19-10-6-4-9(5-7-10)16(20)21/h1-3,9-11,14,19H,4-8H2,(H,20,21)/t9?,10?,11-,14-/m1/s1. The first kappa shape index (κ1) is 14.8. The second kappa shape index (κ2) is 5.93. The fourth-order valence-corrected chi connectivity index (χ4v) is 3.68. The van der Waals surface area contributed by atoms with Crippen LogP contribution in [-0.4, -0.2) is 23.2 Å². The van der Waals surface area contributed by atoms with E-state index in [0.717, 1.165) is 32.1 Å². The monoisotopic (exact) mass is 311 g/mol. The number of carboxylic acids is 1. The normalized spacial score (nSPS) is 31.9. The van der Waals surface area contributed by atoms with Crippen LogP contribution in [0.15, 0.2) is 18.2 Å². The summed E-state index contributed by atoms with van der Waals surface area (Å²) in [4.78, 5) is 10.9. The van der Waals surface area contributed by atoms with Gasteiger partial charge in [-0.3, -0.25) is 4.79 Å². The highest BCUT2D eigenvalue weighted by atomic mass is 35.5. The van der Waals surface area contributed by atoms with Crippen LogP contribution in [0.5, 0.6) is 0 Å². The fraction of sp³-hybridized carbons (Fsp3) is 0.562. The predicted octanol–water partition coefficient (Wildman–Crippen LogP) is 3.57. The van der Waals surface area contributed by atoms with Gasteiger partial charge in [0, 0.05) is 28.6 Å². The van der Waals surface area contributed by atoms with E-state index in [9.17, 15) is 9.18 Å². The summed E-state index contributed by atoms with van der Waals surface area (Å²) in [6.07, 6.45) is 4.12. The smallest absolute Gasteiger partial charge is 0.306 e. The lowest BCUT2D eigenvalue weighted by molar-refractivity contribution is -0.142. The zero-order chi connectivity index (χ0) is 15.0. The van der Waals surface area contributed by atoms with Gasteiger partial charge in [-0.1, -0.05) is 17.7 Å². The van der Waals surface area contributed by atoms with Crippen molar-refractivity contribution in [3.05, 3.63) is 34.6 Å². The number of aliphatic carboxylic acids is 1. The molecule has 0 saturated heterocycles. The Labute approximate surface area is 128 Å². The predicted molar refractivity (Wildman–Crippen MR) is 79.1 cm³/mol. The molecule has 1 aromatic rings. The average molecular weight is 312 g/mol. The van der Waals surface area contributed by atoms with Gasteiger partial charge in [-0.2, -0.15) is 0 Å². The maximum absolute atomic E-state index is 13.9. The first-order valence-electron chi connectivity index (χ1n) is 7.49. The van der Waals surface area contributed by atoms with E-state index in [2.05, 4.69) is 5.32 Å². The summed E-state index contributed by atoms with van der Waals surface area (Å²) in [7, 11) is 0. The van der Waals surface area contributed by atoms with Gasteiger partial charge in [-0.25, -0.2) is 4.39 Å². The number of benzene rings is 1. The molecule has 2 atom stereocenters. The topological polar surface area (TPSA) is 49.3 Å². The molecule has 3 rings (SSSR count). The van der Waals surface area contributed by atoms with Gasteiger partial charge >= 0.3 is 5.97 Å². The van der Waals surface area contributed by atoms with Gasteiger partial charge in [0.2, 0.25) is 0 Å². The van der Waals surface area contributed by atoms with E-state index in [1.807, 2.05) is 0 Å². The summed E-state index contributed by atoms with van der Waals surface area (Å²) >= 11 is 6.09. The molecule has 0 amide bonds. The molecule has 2 fully saturated rings. The van der Waals surface area contributed by atoms with Crippen LogP contribution in [0.4, 0.5) is 4.39 Å². The molecule has 0 heterocycles. The minimum atomic E-state index is -0.684. The van der Waals surface area contributed by atoms with Crippen molar-refractivity contribution in [1.29, 1.82) is 0 Å². The van der Waals surface area contributed by atoms with E-state index < -0.39 is 5.97 Å². The molecule has 21 heavy (non-hydrogen) atoms. The summed E-state index contributed by atoms with van der Waals surface area (Å²) in [5.41, 5.74) is 0.621. The second-order valence-electron chi connectivity index (χ2n) is 6.14. The number of carbonyl (C=O) groups is 1. The lowest BCUT2D eigenvalue weighted by Crippen LogP contribution is -2.36. The molecule has 0 spiro atoms. The summed E-state index contributed by atoms with van der Waals surface area (Å²) < 4.78 is 13.9. The van der Waals surface area contributed by atoms with Crippen LogP contribution in [0.1, 0.15) is 43.6 Å². The van der Waals surface area contributed by atoms with Crippen molar-refractivity contribution in [1.82, 2.24) is 5.32 Å². The molecule has 0 aromatic heterocycles. The van der Waals surface area contributed by atoms with E-state index >= 15 is 0 Å². The summed E-state index contributed by atoms with van der Waals surface area (Å²) in [5, 5.41) is 13.0. The first-order chi connectivity index (χ1) is 10.1. The molecule has 5 heteroatoms. The van der Waals surface area contributed by atoms with Crippen LogP contribution in [0.25, 0.3) is 0 Å². The lowest BCUT2D eigenvalue weighted by Gasteiger charge is -2.27. The Balaban J connectivity index is 1.54. The van der Waals surface area contributed by atoms with Crippen LogP contribution < -0.4 is 5.32 Å². The molecular weight excluding hydrogens is 293 g/mol. The Morgan fingerprint density at radius 3 is 2.62 bits per heavy atom. The molecule has 2 saturated carbocycles. The van der Waals surface area contributed by atoms with Crippen LogP contribution >= 0.6 is 11.6 Å². The largest absolute Gasteiger partial charge is 0.481 e. The van der Waals surface area contributed by atoms with Gasteiger partial charge in [-0.15, -0.1) is 0 Å². The highest BCUT2D eigenvalue weighted by Crippen LogP contribution is 2.45. The van der Waals surface area contributed by atoms with Crippen molar-refractivity contribution in [3.8, 4) is 0 Å². The number of nitrogens with one attached hydrogen (secondary N) is 1. The number of rotatable bonds is 4. The zero-order valence-corrected chi connectivity index (χ0v) is 12.4. The van der Waals surface area contributed by atoms with Crippen molar-refractivity contribution in [2.45, 2.75) is 50.1 Å². The molecule has 0 radical (unpaired) electrons. The Morgan fingerprint density at radius 2 is 2.00 bits per heavy atom. The minimum Gasteiger partial charge on any atom is -0.481 e. The van der Waals surface area contributed by atoms with Gasteiger partial charge < -0.3 is 10.4 Å². The van der Waals surface area contributed by atoms with Crippen molar-refractivity contribution in [2.24, 2.45) is 5.92 Å². The Morgan fingerprint density at radius 1 is 1.29 bits per heavy atom. The van der Waals surface area contributed by atoms with Crippen molar-refractivity contribution in [2.75, 3.05) is 0 Å². The molecular formula is C16H19ClFNO2. The third-order valence-corrected chi connectivity index (χ3v) is 5.02. The Hall–Kier alpha value is -1.13. The van der Waals surface area contributed by atoms with E-state index in [1.54, 1.807) is 12.1 Å². The van der Waals surface area contributed by atoms with Crippen molar-refractivity contribution in [3.63, 3.8) is 0 Å². The number of hydrogen-bond acceptors (Lipinski definition) is 2. The lowest BCUT2D eigenvalue weighted by atomic mass is 9.86. The SMILES string of the molecule is O=C(O)C1CCC(N[C@@H]2C[C@H]2c2c(F)cccc2Cl)CC1. The highest BCUT2D eigenvalue weighted by Gasteiger charge is 2.42. The number of hydrogen-bond donors (Lipinski definition) is 2. The third-order valence-electron chi connectivity index (χ3n) is 4.69. The molecule has 0 unspecified atom stereocenters. The second-order valence-corrected chi connectivity index (χ2v) is 6.54. The molecule has 2 aliphatic rings. The van der Waals surface area contributed by atoms with Crippen LogP contribution in [0.3, 0.4) is 0 Å². The van der Waals surface area contributed by atoms with Gasteiger partial charge in [0.05, 0.1) is 5.92 Å².